The van der Waals surface area contributed by atoms with Crippen LogP contribution in [0.1, 0.15) is 5.56 Å². The van der Waals surface area contributed by atoms with Gasteiger partial charge >= 0.3 is 6.18 Å². The zero-order chi connectivity index (χ0) is 10.1. The van der Waals surface area contributed by atoms with Crippen LogP contribution in [0.3, 0.4) is 0 Å². The van der Waals surface area contributed by atoms with Gasteiger partial charge in [0.2, 0.25) is 0 Å². The SMILES string of the molecule is N#Cc1cnn(CC(F)(F)F)c1N. The Labute approximate surface area is 71.4 Å². The molecular formula is C6H5F3N4. The van der Waals surface area contributed by atoms with E-state index in [0.29, 0.717) is 4.68 Å². The topological polar surface area (TPSA) is 67.6 Å². The minimum atomic E-state index is -4.38. The number of aromatic nitrogens is 2. The van der Waals surface area contributed by atoms with Gasteiger partial charge in [0.05, 0.1) is 6.20 Å². The number of hydrogen-bond donors (Lipinski definition) is 1. The number of hydrogen-bond acceptors (Lipinski definition) is 3. The van der Waals surface area contributed by atoms with Gasteiger partial charge in [0, 0.05) is 0 Å². The fourth-order valence-electron chi connectivity index (χ4n) is 0.777. The molecule has 0 amide bonds. The quantitative estimate of drug-likeness (QED) is 0.715. The lowest BCUT2D eigenvalue weighted by Gasteiger charge is -2.07. The molecule has 0 aromatic carbocycles. The predicted molar refractivity (Wildman–Crippen MR) is 37.4 cm³/mol. The van der Waals surface area contributed by atoms with Crippen molar-refractivity contribution in [1.29, 1.82) is 5.26 Å². The molecular weight excluding hydrogens is 185 g/mol. The average Bonchev–Trinajstić information content (AvgIpc) is 2.30. The fourth-order valence-corrected chi connectivity index (χ4v) is 0.777. The molecule has 7 heteroatoms. The lowest BCUT2D eigenvalue weighted by Crippen LogP contribution is -2.20. The van der Waals surface area contributed by atoms with Crippen LogP contribution in [-0.4, -0.2) is 16.0 Å². The van der Waals surface area contributed by atoms with Crippen molar-refractivity contribution in [3.63, 3.8) is 0 Å². The van der Waals surface area contributed by atoms with Gasteiger partial charge in [-0.15, -0.1) is 0 Å². The third-order valence-corrected chi connectivity index (χ3v) is 1.33. The standard InChI is InChI=1S/C6H5F3N4/c7-6(8,9)3-13-5(11)4(1-10)2-12-13/h2H,3,11H2. The van der Waals surface area contributed by atoms with Gasteiger partial charge in [-0.3, -0.25) is 0 Å². The molecule has 0 atom stereocenters. The largest absolute Gasteiger partial charge is 0.408 e. The summed E-state index contributed by atoms with van der Waals surface area (Å²) in [6, 6.07) is 1.63. The first-order chi connectivity index (χ1) is 5.94. The van der Waals surface area contributed by atoms with Gasteiger partial charge in [0.15, 0.2) is 0 Å². The molecule has 1 aromatic heterocycles. The first-order valence-electron chi connectivity index (χ1n) is 3.22. The number of halogens is 3. The van der Waals surface area contributed by atoms with Crippen molar-refractivity contribution in [3.05, 3.63) is 11.8 Å². The summed E-state index contributed by atoms with van der Waals surface area (Å²) >= 11 is 0. The van der Waals surface area contributed by atoms with Crippen molar-refractivity contribution in [1.82, 2.24) is 9.78 Å². The third kappa shape index (κ3) is 2.11. The molecule has 0 fully saturated rings. The Hall–Kier alpha value is -1.71. The summed E-state index contributed by atoms with van der Waals surface area (Å²) < 4.78 is 36.0. The lowest BCUT2D eigenvalue weighted by molar-refractivity contribution is -0.142. The minimum absolute atomic E-state index is 0.0516. The summed E-state index contributed by atoms with van der Waals surface area (Å²) in [4.78, 5) is 0. The smallest absolute Gasteiger partial charge is 0.383 e. The second-order valence-electron chi connectivity index (χ2n) is 2.33. The maximum Gasteiger partial charge on any atom is 0.408 e. The molecule has 4 nitrogen and oxygen atoms in total. The molecule has 0 spiro atoms. The van der Waals surface area contributed by atoms with Crippen molar-refractivity contribution in [2.24, 2.45) is 0 Å². The first-order valence-corrected chi connectivity index (χ1v) is 3.22. The average molecular weight is 190 g/mol. The van der Waals surface area contributed by atoms with E-state index in [0.717, 1.165) is 6.20 Å². The van der Waals surface area contributed by atoms with E-state index in [1.165, 1.54) is 0 Å². The Bertz CT molecular complexity index is 346. The number of rotatable bonds is 1. The minimum Gasteiger partial charge on any atom is -0.383 e. The van der Waals surface area contributed by atoms with E-state index in [1.807, 2.05) is 0 Å². The molecule has 0 aliphatic heterocycles. The molecule has 70 valence electrons. The summed E-state index contributed by atoms with van der Waals surface area (Å²) in [6.45, 7) is -1.28. The molecule has 13 heavy (non-hydrogen) atoms. The zero-order valence-corrected chi connectivity index (χ0v) is 6.34. The van der Waals surface area contributed by atoms with Gasteiger partial charge in [-0.1, -0.05) is 0 Å². The van der Waals surface area contributed by atoms with Crippen LogP contribution < -0.4 is 5.73 Å². The molecule has 1 heterocycles. The highest BCUT2D eigenvalue weighted by Crippen LogP contribution is 2.20. The Kier molecular flexibility index (Phi) is 2.14. The molecule has 0 aliphatic carbocycles. The Morgan fingerprint density at radius 1 is 1.62 bits per heavy atom. The number of nitrogens with zero attached hydrogens (tertiary/aromatic N) is 3. The van der Waals surface area contributed by atoms with Crippen molar-refractivity contribution in [3.8, 4) is 6.07 Å². The van der Waals surface area contributed by atoms with E-state index in [9.17, 15) is 13.2 Å². The fraction of sp³-hybridized carbons (Fsp3) is 0.333. The molecule has 1 rings (SSSR count). The van der Waals surface area contributed by atoms with Gasteiger partial charge in [0.25, 0.3) is 0 Å². The monoisotopic (exact) mass is 190 g/mol. The summed E-state index contributed by atoms with van der Waals surface area (Å²) in [6.07, 6.45) is -3.38. The van der Waals surface area contributed by atoms with Crippen LogP contribution in [0.5, 0.6) is 0 Å². The van der Waals surface area contributed by atoms with Crippen LogP contribution >= 0.6 is 0 Å². The van der Waals surface area contributed by atoms with Crippen LogP contribution in [-0.2, 0) is 6.54 Å². The number of nitrogen functional groups attached to an aromatic ring is 1. The maximum atomic E-state index is 11.8. The van der Waals surface area contributed by atoms with Crippen molar-refractivity contribution in [2.75, 3.05) is 5.73 Å². The van der Waals surface area contributed by atoms with Crippen LogP contribution in [0.15, 0.2) is 6.20 Å². The zero-order valence-electron chi connectivity index (χ0n) is 6.34. The number of nitriles is 1. The lowest BCUT2D eigenvalue weighted by atomic mass is 10.4. The van der Waals surface area contributed by atoms with Crippen LogP contribution in [0, 0.1) is 11.3 Å². The van der Waals surface area contributed by atoms with Gasteiger partial charge in [-0.2, -0.15) is 23.5 Å². The highest BCUT2D eigenvalue weighted by Gasteiger charge is 2.29. The summed E-state index contributed by atoms with van der Waals surface area (Å²) in [5.74, 6) is -0.264. The first kappa shape index (κ1) is 9.38. The summed E-state index contributed by atoms with van der Waals surface area (Å²) in [5.41, 5.74) is 5.15. The Morgan fingerprint density at radius 2 is 2.23 bits per heavy atom. The van der Waals surface area contributed by atoms with E-state index in [4.69, 9.17) is 11.0 Å². The Balaban J connectivity index is 2.93. The van der Waals surface area contributed by atoms with Gasteiger partial charge < -0.3 is 5.73 Å². The molecule has 0 saturated carbocycles. The van der Waals surface area contributed by atoms with Crippen LogP contribution in [0.25, 0.3) is 0 Å². The molecule has 0 radical (unpaired) electrons. The highest BCUT2D eigenvalue weighted by atomic mass is 19.4. The van der Waals surface area contributed by atoms with Crippen molar-refractivity contribution in [2.45, 2.75) is 12.7 Å². The molecule has 0 unspecified atom stereocenters. The molecule has 0 saturated heterocycles. The second kappa shape index (κ2) is 2.97. The summed E-state index contributed by atoms with van der Waals surface area (Å²) in [5, 5.41) is 11.7. The van der Waals surface area contributed by atoms with E-state index in [2.05, 4.69) is 5.10 Å². The van der Waals surface area contributed by atoms with Gasteiger partial charge in [-0.05, 0) is 0 Å². The van der Waals surface area contributed by atoms with Crippen molar-refractivity contribution >= 4 is 5.82 Å². The van der Waals surface area contributed by atoms with Crippen LogP contribution in [0.2, 0.25) is 0 Å². The maximum absolute atomic E-state index is 11.8. The Morgan fingerprint density at radius 3 is 2.62 bits per heavy atom. The molecule has 0 bridgehead atoms. The molecule has 2 N–H and O–H groups in total. The van der Waals surface area contributed by atoms with E-state index in [1.54, 1.807) is 6.07 Å². The molecule has 0 aliphatic rings. The number of alkyl halides is 3. The third-order valence-electron chi connectivity index (χ3n) is 1.33. The highest BCUT2D eigenvalue weighted by molar-refractivity contribution is 5.47. The van der Waals surface area contributed by atoms with Crippen molar-refractivity contribution < 1.29 is 13.2 Å². The normalized spacial score (nSPS) is 11.2. The molecule has 1 aromatic rings. The van der Waals surface area contributed by atoms with Gasteiger partial charge in [0.1, 0.15) is 24.0 Å². The number of anilines is 1. The predicted octanol–water partition coefficient (Wildman–Crippen LogP) is 0.899. The van der Waals surface area contributed by atoms with E-state index < -0.39 is 12.7 Å². The van der Waals surface area contributed by atoms with Gasteiger partial charge in [-0.25, -0.2) is 4.68 Å². The van der Waals surface area contributed by atoms with E-state index >= 15 is 0 Å². The second-order valence-corrected chi connectivity index (χ2v) is 2.33. The summed E-state index contributed by atoms with van der Waals surface area (Å²) in [7, 11) is 0. The number of nitrogens with two attached hydrogens (primary N) is 1. The van der Waals surface area contributed by atoms with Crippen LogP contribution in [0.4, 0.5) is 19.0 Å². The van der Waals surface area contributed by atoms with E-state index in [-0.39, 0.29) is 11.4 Å².